The van der Waals surface area contributed by atoms with Crippen molar-refractivity contribution in [1.29, 1.82) is 5.26 Å². The number of anilines is 1. The van der Waals surface area contributed by atoms with Gasteiger partial charge >= 0.3 is 0 Å². The fourth-order valence-electron chi connectivity index (χ4n) is 1.56. The summed E-state index contributed by atoms with van der Waals surface area (Å²) >= 11 is 0. The molecule has 0 heterocycles. The van der Waals surface area contributed by atoms with Crippen LogP contribution in [-0.4, -0.2) is 25.6 Å². The number of nitrogens with zero attached hydrogens (tertiary/aromatic N) is 1. The van der Waals surface area contributed by atoms with Crippen LogP contribution >= 0.6 is 0 Å². The summed E-state index contributed by atoms with van der Waals surface area (Å²) in [5.74, 6) is 0.584. The Morgan fingerprint density at radius 1 is 1.53 bits per heavy atom. The lowest BCUT2D eigenvalue weighted by Gasteiger charge is -2.13. The molecule has 1 aromatic rings. The monoisotopic (exact) mass is 261 g/mol. The van der Waals surface area contributed by atoms with Crippen LogP contribution in [0.4, 0.5) is 5.69 Å². The van der Waals surface area contributed by atoms with Crippen molar-refractivity contribution >= 4 is 11.6 Å². The van der Waals surface area contributed by atoms with Gasteiger partial charge in [-0.3, -0.25) is 4.79 Å². The highest BCUT2D eigenvalue weighted by Crippen LogP contribution is 2.17. The highest BCUT2D eigenvalue weighted by atomic mass is 16.5. The molecular weight excluding hydrogens is 242 g/mol. The van der Waals surface area contributed by atoms with Gasteiger partial charge in [-0.2, -0.15) is 5.26 Å². The van der Waals surface area contributed by atoms with E-state index in [-0.39, 0.29) is 12.3 Å². The molecule has 0 bridgehead atoms. The zero-order valence-corrected chi connectivity index (χ0v) is 11.3. The van der Waals surface area contributed by atoms with E-state index in [4.69, 9.17) is 10.00 Å². The number of rotatable bonds is 7. The molecule has 0 saturated heterocycles. The number of nitrogens with one attached hydrogen (secondary N) is 2. The van der Waals surface area contributed by atoms with Crippen LogP contribution in [0.2, 0.25) is 0 Å². The number of benzene rings is 1. The van der Waals surface area contributed by atoms with Gasteiger partial charge in [-0.05, 0) is 18.6 Å². The number of hydrogen-bond acceptors (Lipinski definition) is 4. The molecule has 0 aliphatic heterocycles. The molecule has 19 heavy (non-hydrogen) atoms. The Bertz CT molecular complexity index is 454. The summed E-state index contributed by atoms with van der Waals surface area (Å²) in [5.41, 5.74) is 0.759. The fraction of sp³-hybridized carbons (Fsp3) is 0.429. The second-order valence-electron chi connectivity index (χ2n) is 4.11. The van der Waals surface area contributed by atoms with Crippen LogP contribution in [-0.2, 0) is 4.79 Å². The Morgan fingerprint density at radius 3 is 2.95 bits per heavy atom. The molecule has 1 unspecified atom stereocenters. The molecule has 1 amide bonds. The maximum Gasteiger partial charge on any atom is 0.223 e. The number of ether oxygens (including phenoxy) is 1. The van der Waals surface area contributed by atoms with Crippen LogP contribution in [0, 0.1) is 11.3 Å². The van der Waals surface area contributed by atoms with E-state index >= 15 is 0 Å². The smallest absolute Gasteiger partial charge is 0.223 e. The van der Waals surface area contributed by atoms with Gasteiger partial charge in [-0.25, -0.2) is 0 Å². The van der Waals surface area contributed by atoms with Gasteiger partial charge in [0.2, 0.25) is 5.91 Å². The second-order valence-corrected chi connectivity index (χ2v) is 4.11. The van der Waals surface area contributed by atoms with E-state index in [1.54, 1.807) is 13.2 Å². The van der Waals surface area contributed by atoms with Crippen molar-refractivity contribution < 1.29 is 9.53 Å². The van der Waals surface area contributed by atoms with Gasteiger partial charge in [0.25, 0.3) is 0 Å². The number of carbonyl (C=O) groups is 1. The predicted molar refractivity (Wildman–Crippen MR) is 73.9 cm³/mol. The lowest BCUT2D eigenvalue weighted by Crippen LogP contribution is -2.30. The second kappa shape index (κ2) is 7.98. The van der Waals surface area contributed by atoms with Gasteiger partial charge in [-0.15, -0.1) is 0 Å². The van der Waals surface area contributed by atoms with E-state index < -0.39 is 6.04 Å². The Balaban J connectivity index is 2.56. The summed E-state index contributed by atoms with van der Waals surface area (Å²) in [7, 11) is 1.58. The van der Waals surface area contributed by atoms with Gasteiger partial charge in [-0.1, -0.05) is 13.0 Å². The normalized spacial score (nSPS) is 11.2. The zero-order valence-electron chi connectivity index (χ0n) is 11.3. The number of methoxy groups -OCH3 is 1. The first kappa shape index (κ1) is 14.8. The molecule has 0 saturated carbocycles. The van der Waals surface area contributed by atoms with Crippen molar-refractivity contribution in [3.8, 4) is 11.8 Å². The first-order valence-electron chi connectivity index (χ1n) is 6.26. The van der Waals surface area contributed by atoms with E-state index in [1.165, 1.54) is 0 Å². The fourth-order valence-corrected chi connectivity index (χ4v) is 1.56. The van der Waals surface area contributed by atoms with E-state index in [2.05, 4.69) is 16.7 Å². The minimum Gasteiger partial charge on any atom is -0.497 e. The van der Waals surface area contributed by atoms with Crippen LogP contribution in [0.1, 0.15) is 19.8 Å². The number of amides is 1. The third-order valence-electron chi connectivity index (χ3n) is 2.53. The van der Waals surface area contributed by atoms with Gasteiger partial charge in [0.05, 0.1) is 19.6 Å². The van der Waals surface area contributed by atoms with Crippen molar-refractivity contribution in [3.63, 3.8) is 0 Å². The first-order chi connectivity index (χ1) is 9.19. The van der Waals surface area contributed by atoms with Gasteiger partial charge in [0.15, 0.2) is 0 Å². The largest absolute Gasteiger partial charge is 0.497 e. The van der Waals surface area contributed by atoms with Crippen LogP contribution in [0.15, 0.2) is 24.3 Å². The molecular formula is C14H19N3O2. The summed E-state index contributed by atoms with van der Waals surface area (Å²) in [5, 5.41) is 14.8. The Hall–Kier alpha value is -2.22. The summed E-state index contributed by atoms with van der Waals surface area (Å²) in [6.07, 6.45) is 1.01. The molecule has 0 fully saturated rings. The van der Waals surface area contributed by atoms with Crippen LogP contribution < -0.4 is 15.4 Å². The quantitative estimate of drug-likeness (QED) is 0.786. The third-order valence-corrected chi connectivity index (χ3v) is 2.53. The minimum atomic E-state index is -0.552. The molecule has 0 aromatic heterocycles. The molecule has 2 N–H and O–H groups in total. The SMILES string of the molecule is CCCNC(=O)CC(C#N)Nc1cccc(OC)c1. The van der Waals surface area contributed by atoms with Gasteiger partial charge in [0, 0.05) is 18.3 Å². The van der Waals surface area contributed by atoms with E-state index in [0.29, 0.717) is 12.3 Å². The van der Waals surface area contributed by atoms with Crippen LogP contribution in [0.5, 0.6) is 5.75 Å². The maximum absolute atomic E-state index is 11.6. The third kappa shape index (κ3) is 5.30. The highest BCUT2D eigenvalue weighted by Gasteiger charge is 2.12. The summed E-state index contributed by atoms with van der Waals surface area (Å²) in [6, 6.07) is 8.79. The van der Waals surface area contributed by atoms with Gasteiger partial charge < -0.3 is 15.4 Å². The molecule has 102 valence electrons. The molecule has 1 aromatic carbocycles. The van der Waals surface area contributed by atoms with Crippen LogP contribution in [0.3, 0.4) is 0 Å². The van der Waals surface area contributed by atoms with Crippen molar-refractivity contribution in [3.05, 3.63) is 24.3 Å². The van der Waals surface area contributed by atoms with Crippen molar-refractivity contribution in [2.75, 3.05) is 19.0 Å². The van der Waals surface area contributed by atoms with Crippen molar-refractivity contribution in [1.82, 2.24) is 5.32 Å². The molecule has 0 aliphatic carbocycles. The van der Waals surface area contributed by atoms with Crippen molar-refractivity contribution in [2.45, 2.75) is 25.8 Å². The number of nitriles is 1. The lowest BCUT2D eigenvalue weighted by atomic mass is 10.2. The maximum atomic E-state index is 11.6. The summed E-state index contributed by atoms with van der Waals surface area (Å²) < 4.78 is 5.10. The molecule has 0 aliphatic rings. The molecule has 5 heteroatoms. The Morgan fingerprint density at radius 2 is 2.32 bits per heavy atom. The zero-order chi connectivity index (χ0) is 14.1. The molecule has 5 nitrogen and oxygen atoms in total. The summed E-state index contributed by atoms with van der Waals surface area (Å²) in [6.45, 7) is 2.62. The van der Waals surface area contributed by atoms with E-state index in [1.807, 2.05) is 25.1 Å². The molecule has 0 radical (unpaired) electrons. The predicted octanol–water partition coefficient (Wildman–Crippen LogP) is 1.92. The van der Waals surface area contributed by atoms with Crippen LogP contribution in [0.25, 0.3) is 0 Å². The lowest BCUT2D eigenvalue weighted by molar-refractivity contribution is -0.121. The summed E-state index contributed by atoms with van der Waals surface area (Å²) in [4.78, 5) is 11.6. The van der Waals surface area contributed by atoms with Crippen molar-refractivity contribution in [2.24, 2.45) is 0 Å². The first-order valence-corrected chi connectivity index (χ1v) is 6.26. The highest BCUT2D eigenvalue weighted by molar-refractivity contribution is 5.77. The number of hydrogen-bond donors (Lipinski definition) is 2. The van der Waals surface area contributed by atoms with Gasteiger partial charge in [0.1, 0.15) is 11.8 Å². The Kier molecular flexibility index (Phi) is 6.23. The average molecular weight is 261 g/mol. The molecule has 1 atom stereocenters. The average Bonchev–Trinajstić information content (AvgIpc) is 2.44. The molecule has 1 rings (SSSR count). The van der Waals surface area contributed by atoms with E-state index in [9.17, 15) is 4.79 Å². The number of carbonyl (C=O) groups excluding carboxylic acids is 1. The minimum absolute atomic E-state index is 0.121. The molecule has 0 spiro atoms. The topological polar surface area (TPSA) is 74.2 Å². The standard InChI is InChI=1S/C14H19N3O2/c1-3-7-16-14(18)9-12(10-15)17-11-5-4-6-13(8-11)19-2/h4-6,8,12,17H,3,7,9H2,1-2H3,(H,16,18). The van der Waals surface area contributed by atoms with E-state index in [0.717, 1.165) is 12.1 Å². The Labute approximate surface area is 113 Å².